The van der Waals surface area contributed by atoms with Gasteiger partial charge in [0.2, 0.25) is 15.9 Å². The van der Waals surface area contributed by atoms with E-state index in [-0.39, 0.29) is 35.6 Å². The van der Waals surface area contributed by atoms with E-state index in [1.807, 2.05) is 0 Å². The van der Waals surface area contributed by atoms with E-state index in [0.717, 1.165) is 19.3 Å². The van der Waals surface area contributed by atoms with Crippen LogP contribution in [0.3, 0.4) is 0 Å². The first-order chi connectivity index (χ1) is 11.4. The molecule has 1 aliphatic carbocycles. The van der Waals surface area contributed by atoms with Gasteiger partial charge in [-0.2, -0.15) is 4.31 Å². The largest absolute Gasteiger partial charge is 0.495 e. The van der Waals surface area contributed by atoms with Crippen LogP contribution in [-0.4, -0.2) is 56.8 Å². The van der Waals surface area contributed by atoms with Crippen molar-refractivity contribution >= 4 is 27.5 Å². The molecule has 24 heavy (non-hydrogen) atoms. The fraction of sp³-hybridized carbons (Fsp3) is 0.562. The van der Waals surface area contributed by atoms with Gasteiger partial charge in [-0.25, -0.2) is 8.42 Å². The number of benzene rings is 1. The molecule has 1 saturated heterocycles. The Morgan fingerprint density at radius 1 is 1.21 bits per heavy atom. The first-order valence-corrected chi connectivity index (χ1v) is 9.88. The molecule has 0 N–H and O–H groups in total. The van der Waals surface area contributed by atoms with Crippen LogP contribution in [0.25, 0.3) is 0 Å². The summed E-state index contributed by atoms with van der Waals surface area (Å²) in [6.45, 7) is 1.43. The lowest BCUT2D eigenvalue weighted by Gasteiger charge is -2.37. The van der Waals surface area contributed by atoms with E-state index in [2.05, 4.69) is 0 Å². The van der Waals surface area contributed by atoms with Gasteiger partial charge in [0, 0.05) is 37.1 Å². The van der Waals surface area contributed by atoms with Crippen LogP contribution in [0.4, 0.5) is 0 Å². The third-order valence-corrected chi connectivity index (χ3v) is 6.90. The van der Waals surface area contributed by atoms with Crippen molar-refractivity contribution in [1.82, 2.24) is 9.21 Å². The van der Waals surface area contributed by atoms with Crippen LogP contribution < -0.4 is 4.74 Å². The predicted octanol–water partition coefficient (Wildman–Crippen LogP) is 1.98. The van der Waals surface area contributed by atoms with Gasteiger partial charge in [0.1, 0.15) is 10.6 Å². The van der Waals surface area contributed by atoms with Gasteiger partial charge in [-0.1, -0.05) is 18.0 Å². The molecule has 0 radical (unpaired) electrons. The molecule has 0 unspecified atom stereocenters. The highest BCUT2D eigenvalue weighted by Gasteiger charge is 2.35. The summed E-state index contributed by atoms with van der Waals surface area (Å²) in [5.41, 5.74) is 0. The number of carbonyl (C=O) groups is 1. The zero-order chi connectivity index (χ0) is 17.3. The molecule has 1 aliphatic heterocycles. The second-order valence-corrected chi connectivity index (χ2v) is 8.50. The number of hydrogen-bond donors (Lipinski definition) is 0. The first-order valence-electron chi connectivity index (χ1n) is 8.06. The van der Waals surface area contributed by atoms with Crippen molar-refractivity contribution in [2.75, 3.05) is 33.3 Å². The highest BCUT2D eigenvalue weighted by atomic mass is 35.5. The van der Waals surface area contributed by atoms with E-state index in [1.165, 1.54) is 17.5 Å². The molecular formula is C16H21ClN2O4S. The van der Waals surface area contributed by atoms with E-state index in [1.54, 1.807) is 17.0 Å². The van der Waals surface area contributed by atoms with Gasteiger partial charge < -0.3 is 9.64 Å². The molecule has 1 heterocycles. The van der Waals surface area contributed by atoms with Gasteiger partial charge in [0.25, 0.3) is 0 Å². The van der Waals surface area contributed by atoms with Crippen LogP contribution in [0, 0.1) is 5.92 Å². The third-order valence-electron chi connectivity index (χ3n) is 4.75. The van der Waals surface area contributed by atoms with E-state index < -0.39 is 10.0 Å². The lowest BCUT2D eigenvalue weighted by Crippen LogP contribution is -2.52. The third kappa shape index (κ3) is 3.25. The van der Waals surface area contributed by atoms with Crippen molar-refractivity contribution < 1.29 is 17.9 Å². The zero-order valence-corrected chi connectivity index (χ0v) is 15.1. The Morgan fingerprint density at radius 3 is 2.42 bits per heavy atom. The molecule has 0 aromatic heterocycles. The molecule has 132 valence electrons. The van der Waals surface area contributed by atoms with Crippen molar-refractivity contribution in [2.45, 2.75) is 24.2 Å². The standard InChI is InChI=1S/C16H21ClN2O4S/c1-23-14-6-5-13(17)11-15(14)24(21,22)19-9-7-18(8-10-19)16(20)12-3-2-4-12/h5-6,11-12H,2-4,7-10H2,1H3. The number of nitrogens with zero attached hydrogens (tertiary/aromatic N) is 2. The number of piperazine rings is 1. The van der Waals surface area contributed by atoms with E-state index in [0.29, 0.717) is 18.1 Å². The minimum absolute atomic E-state index is 0.0660. The molecule has 0 spiro atoms. The lowest BCUT2D eigenvalue weighted by atomic mass is 9.84. The van der Waals surface area contributed by atoms with E-state index >= 15 is 0 Å². The number of rotatable bonds is 4. The maximum absolute atomic E-state index is 12.9. The Balaban J connectivity index is 1.73. The fourth-order valence-electron chi connectivity index (χ4n) is 3.05. The molecule has 8 heteroatoms. The van der Waals surface area contributed by atoms with Crippen LogP contribution in [0.2, 0.25) is 5.02 Å². The van der Waals surface area contributed by atoms with Crippen LogP contribution >= 0.6 is 11.6 Å². The Hall–Kier alpha value is -1.31. The van der Waals surface area contributed by atoms with Gasteiger partial charge in [0.15, 0.2) is 0 Å². The minimum atomic E-state index is -3.70. The predicted molar refractivity (Wildman–Crippen MR) is 90.7 cm³/mol. The van der Waals surface area contributed by atoms with Gasteiger partial charge in [-0.15, -0.1) is 0 Å². The summed E-state index contributed by atoms with van der Waals surface area (Å²) in [6.07, 6.45) is 3.02. The summed E-state index contributed by atoms with van der Waals surface area (Å²) in [6, 6.07) is 4.54. The Morgan fingerprint density at radius 2 is 1.88 bits per heavy atom. The highest BCUT2D eigenvalue weighted by molar-refractivity contribution is 7.89. The molecule has 1 aromatic rings. The minimum Gasteiger partial charge on any atom is -0.495 e. The molecular weight excluding hydrogens is 352 g/mol. The average molecular weight is 373 g/mol. The molecule has 1 amide bonds. The number of carbonyl (C=O) groups excluding carboxylic acids is 1. The second kappa shape index (κ2) is 6.90. The van der Waals surface area contributed by atoms with E-state index in [9.17, 15) is 13.2 Å². The van der Waals surface area contributed by atoms with Gasteiger partial charge in [-0.05, 0) is 31.0 Å². The number of hydrogen-bond acceptors (Lipinski definition) is 4. The average Bonchev–Trinajstić information content (AvgIpc) is 2.53. The summed E-state index contributed by atoms with van der Waals surface area (Å²) in [7, 11) is -2.27. The van der Waals surface area contributed by atoms with E-state index in [4.69, 9.17) is 16.3 Å². The topological polar surface area (TPSA) is 66.9 Å². The number of methoxy groups -OCH3 is 1. The second-order valence-electron chi connectivity index (χ2n) is 6.15. The highest BCUT2D eigenvalue weighted by Crippen LogP contribution is 2.31. The molecule has 2 aliphatic rings. The monoisotopic (exact) mass is 372 g/mol. The number of halogens is 1. The Labute approximate surface area is 147 Å². The van der Waals surface area contributed by atoms with Gasteiger partial charge in [-0.3, -0.25) is 4.79 Å². The Bertz CT molecular complexity index is 726. The van der Waals surface area contributed by atoms with Crippen LogP contribution in [0.15, 0.2) is 23.1 Å². The fourth-order valence-corrected chi connectivity index (χ4v) is 4.89. The van der Waals surface area contributed by atoms with Gasteiger partial charge >= 0.3 is 0 Å². The van der Waals surface area contributed by atoms with Crippen molar-refractivity contribution in [2.24, 2.45) is 5.92 Å². The summed E-state index contributed by atoms with van der Waals surface area (Å²) in [5, 5.41) is 0.341. The molecule has 6 nitrogen and oxygen atoms in total. The normalized spacial score (nSPS) is 19.8. The summed E-state index contributed by atoms with van der Waals surface area (Å²) >= 11 is 5.95. The smallest absolute Gasteiger partial charge is 0.246 e. The molecule has 2 fully saturated rings. The first kappa shape index (κ1) is 17.5. The Kier molecular flexibility index (Phi) is 5.03. The summed E-state index contributed by atoms with van der Waals surface area (Å²) < 4.78 is 32.3. The SMILES string of the molecule is COc1ccc(Cl)cc1S(=O)(=O)N1CCN(C(=O)C2CCC2)CC1. The van der Waals surface area contributed by atoms with Crippen LogP contribution in [-0.2, 0) is 14.8 Å². The maximum atomic E-state index is 12.9. The molecule has 0 bridgehead atoms. The van der Waals surface area contributed by atoms with Crippen molar-refractivity contribution in [3.05, 3.63) is 23.2 Å². The van der Waals surface area contributed by atoms with Crippen molar-refractivity contribution in [3.8, 4) is 5.75 Å². The lowest BCUT2D eigenvalue weighted by molar-refractivity contribution is -0.139. The van der Waals surface area contributed by atoms with Gasteiger partial charge in [0.05, 0.1) is 7.11 Å². The maximum Gasteiger partial charge on any atom is 0.246 e. The molecule has 3 rings (SSSR count). The summed E-state index contributed by atoms with van der Waals surface area (Å²) in [5.74, 6) is 0.576. The molecule has 0 atom stereocenters. The quantitative estimate of drug-likeness (QED) is 0.810. The van der Waals surface area contributed by atoms with Crippen molar-refractivity contribution in [1.29, 1.82) is 0 Å². The van der Waals surface area contributed by atoms with Crippen LogP contribution in [0.1, 0.15) is 19.3 Å². The molecule has 1 saturated carbocycles. The number of amides is 1. The number of ether oxygens (including phenoxy) is 1. The molecule has 1 aromatic carbocycles. The zero-order valence-electron chi connectivity index (χ0n) is 13.6. The summed E-state index contributed by atoms with van der Waals surface area (Å²) in [4.78, 5) is 14.1. The van der Waals surface area contributed by atoms with Crippen molar-refractivity contribution in [3.63, 3.8) is 0 Å². The number of sulfonamides is 1. The van der Waals surface area contributed by atoms with Crippen LogP contribution in [0.5, 0.6) is 5.75 Å².